The molecule has 3 amide bonds. The lowest BCUT2D eigenvalue weighted by Gasteiger charge is -2.36. The second-order valence-electron chi connectivity index (χ2n) is 9.40. The number of aliphatic hydroxyl groups is 1. The van der Waals surface area contributed by atoms with Crippen molar-refractivity contribution in [1.29, 1.82) is 0 Å². The van der Waals surface area contributed by atoms with Crippen LogP contribution in [0.25, 0.3) is 0 Å². The first-order valence-electron chi connectivity index (χ1n) is 11.8. The molecule has 2 aliphatic heterocycles. The molecule has 188 valence electrons. The molecule has 8 nitrogen and oxygen atoms in total. The number of carbonyl (C=O) groups excluding carboxylic acids is 3. The minimum Gasteiger partial charge on any atom is -0.399 e. The second-order valence-corrected chi connectivity index (χ2v) is 11.1. The van der Waals surface area contributed by atoms with Crippen molar-refractivity contribution in [3.8, 4) is 5.06 Å². The molecule has 5 rings (SSSR count). The van der Waals surface area contributed by atoms with Gasteiger partial charge >= 0.3 is 6.09 Å². The SMILES string of the molecule is CC1(O)CCCN(c2cccc(CN3CC4=C(NC(=O)Oc5ccc(Cl)s5)C=CCC4C3=O)c2)C1=O. The maximum Gasteiger partial charge on any atom is 0.417 e. The average molecular weight is 528 g/mol. The van der Waals surface area contributed by atoms with Gasteiger partial charge in [-0.15, -0.1) is 0 Å². The molecule has 2 unspecified atom stereocenters. The summed E-state index contributed by atoms with van der Waals surface area (Å²) in [6.07, 6.45) is 4.78. The van der Waals surface area contributed by atoms with Gasteiger partial charge in [0, 0.05) is 31.0 Å². The fourth-order valence-corrected chi connectivity index (χ4v) is 5.79. The van der Waals surface area contributed by atoms with Crippen LogP contribution in [0.1, 0.15) is 31.7 Å². The number of benzene rings is 1. The Hall–Kier alpha value is -3.14. The molecule has 1 aromatic heterocycles. The molecule has 2 saturated heterocycles. The van der Waals surface area contributed by atoms with Crippen LogP contribution in [-0.4, -0.2) is 46.6 Å². The number of ether oxygens (including phenoxy) is 1. The van der Waals surface area contributed by atoms with Gasteiger partial charge in [-0.25, -0.2) is 4.79 Å². The van der Waals surface area contributed by atoms with Crippen LogP contribution in [-0.2, 0) is 16.1 Å². The van der Waals surface area contributed by atoms with E-state index in [2.05, 4.69) is 5.32 Å². The Balaban J connectivity index is 1.29. The van der Waals surface area contributed by atoms with Gasteiger partial charge in [-0.1, -0.05) is 41.1 Å². The van der Waals surface area contributed by atoms with Gasteiger partial charge in [-0.05, 0) is 67.7 Å². The highest BCUT2D eigenvalue weighted by Crippen LogP contribution is 2.35. The van der Waals surface area contributed by atoms with Crippen LogP contribution in [0.5, 0.6) is 5.06 Å². The van der Waals surface area contributed by atoms with Crippen molar-refractivity contribution in [2.24, 2.45) is 5.92 Å². The zero-order valence-corrected chi connectivity index (χ0v) is 21.3. The van der Waals surface area contributed by atoms with E-state index in [1.54, 1.807) is 34.9 Å². The summed E-state index contributed by atoms with van der Waals surface area (Å²) in [5, 5.41) is 13.6. The minimum absolute atomic E-state index is 0.00515. The largest absolute Gasteiger partial charge is 0.417 e. The zero-order valence-electron chi connectivity index (χ0n) is 19.7. The Bertz CT molecular complexity index is 1280. The summed E-state index contributed by atoms with van der Waals surface area (Å²) in [5.74, 6) is -0.643. The molecule has 36 heavy (non-hydrogen) atoms. The van der Waals surface area contributed by atoms with Crippen molar-refractivity contribution in [2.45, 2.75) is 38.3 Å². The molecule has 2 N–H and O–H groups in total. The zero-order chi connectivity index (χ0) is 25.4. The predicted molar refractivity (Wildman–Crippen MR) is 137 cm³/mol. The molecule has 2 aromatic rings. The van der Waals surface area contributed by atoms with Gasteiger partial charge in [0.05, 0.1) is 10.3 Å². The number of hydrogen-bond donors (Lipinski definition) is 2. The van der Waals surface area contributed by atoms with E-state index in [1.165, 1.54) is 0 Å². The van der Waals surface area contributed by atoms with Gasteiger partial charge < -0.3 is 19.6 Å². The number of piperidine rings is 1. The van der Waals surface area contributed by atoms with E-state index in [0.29, 0.717) is 59.7 Å². The number of nitrogens with one attached hydrogen (secondary N) is 1. The van der Waals surface area contributed by atoms with E-state index in [0.717, 1.165) is 22.5 Å². The van der Waals surface area contributed by atoms with E-state index in [1.807, 2.05) is 30.3 Å². The molecule has 0 saturated carbocycles. The molecule has 3 aliphatic rings. The number of halogens is 1. The normalized spacial score (nSPS) is 23.8. The average Bonchev–Trinajstić information content (AvgIpc) is 3.39. The van der Waals surface area contributed by atoms with Crippen molar-refractivity contribution in [3.05, 3.63) is 69.7 Å². The fourth-order valence-electron chi connectivity index (χ4n) is 4.91. The van der Waals surface area contributed by atoms with E-state index in [9.17, 15) is 19.5 Å². The van der Waals surface area contributed by atoms with Crippen LogP contribution in [0.4, 0.5) is 10.5 Å². The molecule has 1 aliphatic carbocycles. The number of amides is 3. The number of allylic oxidation sites excluding steroid dienone is 2. The number of likely N-dealkylation sites (tertiary alicyclic amines) is 1. The summed E-state index contributed by atoms with van der Waals surface area (Å²) in [4.78, 5) is 41.7. The van der Waals surface area contributed by atoms with Crippen LogP contribution in [0, 0.1) is 5.92 Å². The number of rotatable bonds is 5. The summed E-state index contributed by atoms with van der Waals surface area (Å²) in [7, 11) is 0. The molecule has 2 fully saturated rings. The Kier molecular flexibility index (Phi) is 6.63. The summed E-state index contributed by atoms with van der Waals surface area (Å²) in [6, 6.07) is 10.8. The number of hydrogen-bond acceptors (Lipinski definition) is 6. The number of anilines is 1. The summed E-state index contributed by atoms with van der Waals surface area (Å²) < 4.78 is 5.82. The van der Waals surface area contributed by atoms with Crippen LogP contribution in [0.3, 0.4) is 0 Å². The number of fused-ring (bicyclic) bond motifs is 1. The lowest BCUT2D eigenvalue weighted by molar-refractivity contribution is -0.137. The monoisotopic (exact) mass is 527 g/mol. The molecular weight excluding hydrogens is 502 g/mol. The van der Waals surface area contributed by atoms with Crippen molar-refractivity contribution >= 4 is 46.5 Å². The molecule has 0 spiro atoms. The van der Waals surface area contributed by atoms with Gasteiger partial charge in [0.1, 0.15) is 5.60 Å². The third-order valence-corrected chi connectivity index (χ3v) is 7.83. The quantitative estimate of drug-likeness (QED) is 0.606. The molecule has 10 heteroatoms. The second kappa shape index (κ2) is 9.72. The third kappa shape index (κ3) is 4.91. The third-order valence-electron chi connectivity index (χ3n) is 6.72. The van der Waals surface area contributed by atoms with Gasteiger partial charge in [0.2, 0.25) is 5.91 Å². The van der Waals surface area contributed by atoms with E-state index in [4.69, 9.17) is 16.3 Å². The standard InChI is InChI=1S/C26H26ClN3O5S/c1-26(34)11-4-12-30(24(26)32)17-6-2-5-16(13-17)14-29-15-19-18(23(29)31)7-3-8-20(19)28-25(33)35-22-10-9-21(27)36-22/h2-3,5-6,8-10,13,18,34H,4,7,11-12,14-15H2,1H3,(H,28,33). The Morgan fingerprint density at radius 3 is 2.92 bits per heavy atom. The Labute approximate surface area is 217 Å². The van der Waals surface area contributed by atoms with Gasteiger partial charge in [-0.2, -0.15) is 0 Å². The topological polar surface area (TPSA) is 99.2 Å². The van der Waals surface area contributed by atoms with E-state index < -0.39 is 11.7 Å². The Morgan fingerprint density at radius 2 is 2.14 bits per heavy atom. The van der Waals surface area contributed by atoms with Crippen LogP contribution < -0.4 is 15.0 Å². The Morgan fingerprint density at radius 1 is 1.31 bits per heavy atom. The van der Waals surface area contributed by atoms with Gasteiger partial charge in [0.25, 0.3) is 5.91 Å². The van der Waals surface area contributed by atoms with Crippen molar-refractivity contribution in [2.75, 3.05) is 18.0 Å². The van der Waals surface area contributed by atoms with Gasteiger partial charge in [0.15, 0.2) is 5.06 Å². The maximum absolute atomic E-state index is 13.2. The highest BCUT2D eigenvalue weighted by molar-refractivity contribution is 7.17. The van der Waals surface area contributed by atoms with Crippen LogP contribution >= 0.6 is 22.9 Å². The first-order chi connectivity index (χ1) is 17.2. The van der Waals surface area contributed by atoms with E-state index in [-0.39, 0.29) is 17.7 Å². The summed E-state index contributed by atoms with van der Waals surface area (Å²) in [6.45, 7) is 2.85. The number of nitrogens with zero attached hydrogens (tertiary/aromatic N) is 2. The minimum atomic E-state index is -1.37. The first kappa shape index (κ1) is 24.5. The predicted octanol–water partition coefficient (Wildman–Crippen LogP) is 4.24. The highest BCUT2D eigenvalue weighted by Gasteiger charge is 2.40. The molecule has 0 bridgehead atoms. The van der Waals surface area contributed by atoms with Crippen molar-refractivity contribution in [3.63, 3.8) is 0 Å². The lowest BCUT2D eigenvalue weighted by Crippen LogP contribution is -2.51. The fraction of sp³-hybridized carbons (Fsp3) is 0.346. The molecule has 3 heterocycles. The molecule has 0 radical (unpaired) electrons. The van der Waals surface area contributed by atoms with Crippen LogP contribution in [0.2, 0.25) is 4.34 Å². The molecule has 2 atom stereocenters. The maximum atomic E-state index is 13.2. The first-order valence-corrected chi connectivity index (χ1v) is 13.0. The van der Waals surface area contributed by atoms with Gasteiger partial charge in [-0.3, -0.25) is 14.9 Å². The number of thiophene rings is 1. The van der Waals surface area contributed by atoms with Crippen molar-refractivity contribution < 1.29 is 24.2 Å². The van der Waals surface area contributed by atoms with Crippen molar-refractivity contribution in [1.82, 2.24) is 10.2 Å². The lowest BCUT2D eigenvalue weighted by atomic mass is 9.92. The molecular formula is C26H26ClN3O5S. The number of carbonyl (C=O) groups is 3. The van der Waals surface area contributed by atoms with E-state index >= 15 is 0 Å². The summed E-state index contributed by atoms with van der Waals surface area (Å²) >= 11 is 7.05. The van der Waals surface area contributed by atoms with Crippen LogP contribution in [0.15, 0.2) is 59.8 Å². The summed E-state index contributed by atoms with van der Waals surface area (Å²) in [5.41, 5.74) is 1.65. The highest BCUT2D eigenvalue weighted by atomic mass is 35.5. The smallest absolute Gasteiger partial charge is 0.399 e. The molecule has 1 aromatic carbocycles.